The van der Waals surface area contributed by atoms with Gasteiger partial charge in [0.15, 0.2) is 0 Å². The van der Waals surface area contributed by atoms with E-state index in [4.69, 9.17) is 13.3 Å². The van der Waals surface area contributed by atoms with Crippen LogP contribution in [-0.2, 0) is 24.8 Å². The second-order valence-corrected chi connectivity index (χ2v) is 4.03. The van der Waals surface area contributed by atoms with E-state index in [9.17, 15) is 28.7 Å². The van der Waals surface area contributed by atoms with Crippen molar-refractivity contribution >= 4 is 50.9 Å². The van der Waals surface area contributed by atoms with Gasteiger partial charge in [0.1, 0.15) is 0 Å². The Morgan fingerprint density at radius 1 is 1.00 bits per heavy atom. The second-order valence-electron chi connectivity index (χ2n) is 1.18. The first-order chi connectivity index (χ1) is 5.44. The van der Waals surface area contributed by atoms with Gasteiger partial charge in [-0.25, -0.2) is 0 Å². The molecule has 0 spiro atoms. The normalized spacial score (nSPS) is 11.4. The minimum atomic E-state index is -5.68. The zero-order valence-electron chi connectivity index (χ0n) is 7.09. The first-order valence-electron chi connectivity index (χ1n) is 1.96. The molecule has 0 aromatic rings. The maximum absolute atomic E-state index is 9.32. The molecule has 0 saturated heterocycles. The van der Waals surface area contributed by atoms with E-state index >= 15 is 0 Å². The van der Waals surface area contributed by atoms with Crippen molar-refractivity contribution in [2.45, 2.75) is 0 Å². The van der Waals surface area contributed by atoms with Gasteiger partial charge in [-0.2, -0.15) is 0 Å². The first kappa shape index (κ1) is 20.5. The minimum absolute atomic E-state index is 0. The third-order valence-electron chi connectivity index (χ3n) is 0.200. The third kappa shape index (κ3) is 38.0. The van der Waals surface area contributed by atoms with Crippen molar-refractivity contribution in [3.05, 3.63) is 0 Å². The van der Waals surface area contributed by atoms with Crippen LogP contribution >= 0.6 is 15.6 Å². The van der Waals surface area contributed by atoms with E-state index in [1.807, 2.05) is 0 Å². The molecule has 88 valence electrons. The molecule has 0 bridgehead atoms. The van der Waals surface area contributed by atoms with E-state index in [0.29, 0.717) is 0 Å². The Balaban J connectivity index is -0.0000000883. The Bertz CT molecular complexity index is 228. The summed E-state index contributed by atoms with van der Waals surface area (Å²) >= 11 is -3.11. The summed E-state index contributed by atoms with van der Waals surface area (Å²) in [5.74, 6) is 0. The SMILES string of the molecule is O=P([O-])([O-])OP(=O)([O-])[O-].O=S([O-])[O-].[H+].[SnH2]. The van der Waals surface area contributed by atoms with Gasteiger partial charge >= 0.3 is 25.3 Å². The van der Waals surface area contributed by atoms with Crippen LogP contribution < -0.4 is 19.6 Å². The zero-order valence-corrected chi connectivity index (χ0v) is 12.7. The molecule has 0 heterocycles. The van der Waals surface area contributed by atoms with E-state index in [2.05, 4.69) is 4.31 Å². The average Bonchev–Trinajstić information content (AvgIpc) is 1.47. The van der Waals surface area contributed by atoms with Crippen LogP contribution in [0.1, 0.15) is 1.43 Å². The number of hydrogen-bond donors (Lipinski definition) is 0. The van der Waals surface area contributed by atoms with E-state index < -0.39 is 27.0 Å². The molecule has 0 aliphatic carbocycles. The van der Waals surface area contributed by atoms with E-state index in [0.717, 1.165) is 0 Å². The van der Waals surface area contributed by atoms with Gasteiger partial charge in [0.25, 0.3) is 0 Å². The van der Waals surface area contributed by atoms with Gasteiger partial charge < -0.3 is 42.1 Å². The van der Waals surface area contributed by atoms with Crippen molar-refractivity contribution in [3.63, 3.8) is 0 Å². The molecule has 14 heteroatoms. The van der Waals surface area contributed by atoms with Crippen LogP contribution in [0.4, 0.5) is 0 Å². The van der Waals surface area contributed by atoms with Crippen molar-refractivity contribution < 1.29 is 47.8 Å². The molecule has 0 amide bonds. The van der Waals surface area contributed by atoms with Gasteiger partial charge in [-0.15, -0.1) is 11.4 Å². The van der Waals surface area contributed by atoms with Crippen molar-refractivity contribution in [2.75, 3.05) is 0 Å². The van der Waals surface area contributed by atoms with Gasteiger partial charge in [0.2, 0.25) is 0 Å². The molecular formula is H3O10P2SSn-5. The quantitative estimate of drug-likeness (QED) is 0.255. The molecule has 0 aliphatic rings. The Kier molecular flexibility index (Phi) is 12.2. The fraction of sp³-hybridized carbons (Fsp3) is 0. The number of phosphoric acid groups is 2. The first-order valence-corrected chi connectivity index (χ1v) is 5.88. The van der Waals surface area contributed by atoms with Crippen LogP contribution in [-0.4, -0.2) is 37.2 Å². The summed E-state index contributed by atoms with van der Waals surface area (Å²) in [6.07, 6.45) is 0. The molecule has 0 aliphatic heterocycles. The fourth-order valence-corrected chi connectivity index (χ4v) is 1.10. The van der Waals surface area contributed by atoms with Gasteiger partial charge in [-0.05, 0) is 0 Å². The van der Waals surface area contributed by atoms with E-state index in [1.165, 1.54) is 0 Å². The van der Waals surface area contributed by atoms with Crippen LogP contribution in [0, 0.1) is 0 Å². The van der Waals surface area contributed by atoms with Crippen LogP contribution in [0.15, 0.2) is 0 Å². The van der Waals surface area contributed by atoms with Crippen molar-refractivity contribution in [3.8, 4) is 0 Å². The fourth-order valence-electron chi connectivity index (χ4n) is 0.122. The molecule has 14 heavy (non-hydrogen) atoms. The van der Waals surface area contributed by atoms with Crippen molar-refractivity contribution in [1.82, 2.24) is 0 Å². The van der Waals surface area contributed by atoms with E-state index in [1.54, 1.807) is 0 Å². The standard InChI is InChI=1S/H4O7P2.H2O3S.Sn.2H/c1-8(2,3)7-9(4,5)6;1-4(2)3;;;/h(H2,1,2,3)(H2,4,5,6);(H2,1,2,3);;;/p-5. The molecule has 0 unspecified atom stereocenters. The summed E-state index contributed by atoms with van der Waals surface area (Å²) in [5, 5.41) is 0. The molecule has 0 rings (SSSR count). The van der Waals surface area contributed by atoms with Gasteiger partial charge in [-0.1, -0.05) is 0 Å². The van der Waals surface area contributed by atoms with Crippen LogP contribution in [0.3, 0.4) is 0 Å². The van der Waals surface area contributed by atoms with Crippen LogP contribution in [0.25, 0.3) is 0 Å². The molecule has 2 radical (unpaired) electrons. The van der Waals surface area contributed by atoms with Crippen LogP contribution in [0.2, 0.25) is 0 Å². The predicted octanol–water partition coefficient (Wildman–Crippen LogP) is -5.15. The monoisotopic (exact) mass is 377 g/mol. The summed E-state index contributed by atoms with van der Waals surface area (Å²) in [6.45, 7) is 0. The molecule has 0 aromatic heterocycles. The molecule has 0 N–H and O–H groups in total. The van der Waals surface area contributed by atoms with Gasteiger partial charge in [0.05, 0.1) is 15.6 Å². The molecule has 0 saturated carbocycles. The zero-order chi connectivity index (χ0) is 11.3. The molecule has 0 fully saturated rings. The summed E-state index contributed by atoms with van der Waals surface area (Å²) < 4.78 is 46.5. The molecule has 0 aromatic carbocycles. The summed E-state index contributed by atoms with van der Waals surface area (Å²) in [5.41, 5.74) is 0. The predicted molar refractivity (Wildman–Crippen MR) is 35.7 cm³/mol. The molecule has 10 nitrogen and oxygen atoms in total. The Morgan fingerprint density at radius 3 is 1.14 bits per heavy atom. The summed E-state index contributed by atoms with van der Waals surface area (Å²) in [4.78, 5) is 37.3. The molecular weight excluding hydrogens is 373 g/mol. The Labute approximate surface area is 98.7 Å². The van der Waals surface area contributed by atoms with E-state index in [-0.39, 0.29) is 25.3 Å². The van der Waals surface area contributed by atoms with Crippen molar-refractivity contribution in [2.24, 2.45) is 0 Å². The Hall–Kier alpha value is 1.13. The summed E-state index contributed by atoms with van der Waals surface area (Å²) in [7, 11) is -11.4. The summed E-state index contributed by atoms with van der Waals surface area (Å²) in [6, 6.07) is 0. The topological polar surface area (TPSA) is 199 Å². The maximum atomic E-state index is 9.32. The number of hydrogen-bond acceptors (Lipinski definition) is 10. The Morgan fingerprint density at radius 2 is 1.14 bits per heavy atom. The third-order valence-corrected chi connectivity index (χ3v) is 1.80. The second kappa shape index (κ2) is 8.30. The van der Waals surface area contributed by atoms with Gasteiger partial charge in [-0.3, -0.25) is 4.21 Å². The van der Waals surface area contributed by atoms with Gasteiger partial charge in [0, 0.05) is 0 Å². The van der Waals surface area contributed by atoms with Crippen LogP contribution in [0.5, 0.6) is 0 Å². The molecule has 0 atom stereocenters. The average molecular weight is 376 g/mol. The van der Waals surface area contributed by atoms with Crippen molar-refractivity contribution in [1.29, 1.82) is 0 Å². The number of rotatable bonds is 2.